The molecule has 2 amide bonds. The van der Waals surface area contributed by atoms with E-state index in [1.807, 2.05) is 13.8 Å². The smallest absolute Gasteiger partial charge is 0.274 e. The molecule has 0 atom stereocenters. The number of carbonyl (C=O) groups excluding carboxylic acids is 2. The van der Waals surface area contributed by atoms with Crippen LogP contribution in [-0.2, 0) is 7.05 Å². The number of methoxy groups -OCH3 is 1. The van der Waals surface area contributed by atoms with Gasteiger partial charge >= 0.3 is 0 Å². The van der Waals surface area contributed by atoms with E-state index in [2.05, 4.69) is 5.32 Å². The number of nitrogens with one attached hydrogen (secondary N) is 1. The number of amides is 2. The molecule has 0 fully saturated rings. The van der Waals surface area contributed by atoms with Crippen LogP contribution < -0.4 is 15.6 Å². The summed E-state index contributed by atoms with van der Waals surface area (Å²) < 4.78 is 6.46. The van der Waals surface area contributed by atoms with Gasteiger partial charge in [0.2, 0.25) is 0 Å². The number of nitrogens with zero attached hydrogens (tertiary/aromatic N) is 2. The van der Waals surface area contributed by atoms with Gasteiger partial charge in [-0.15, -0.1) is 0 Å². The van der Waals surface area contributed by atoms with E-state index < -0.39 is 11.5 Å². The van der Waals surface area contributed by atoms with Crippen molar-refractivity contribution in [2.45, 2.75) is 13.8 Å². The number of anilines is 1. The molecule has 0 aliphatic rings. The average Bonchev–Trinajstić information content (AvgIpc) is 2.65. The van der Waals surface area contributed by atoms with Crippen molar-refractivity contribution < 1.29 is 14.3 Å². The third-order valence-electron chi connectivity index (χ3n) is 4.08. The zero-order valence-electron chi connectivity index (χ0n) is 15.4. The first-order valence-electron chi connectivity index (χ1n) is 8.37. The van der Waals surface area contributed by atoms with E-state index in [0.29, 0.717) is 30.0 Å². The number of hydrogen-bond donors (Lipinski definition) is 1. The molecule has 0 saturated carbocycles. The SMILES string of the molecule is CCN(CC)C(=O)c1cc(NC(=O)c2ccccc2OC)c(=O)n(C)c1. The molecule has 0 aliphatic heterocycles. The predicted octanol–water partition coefficient (Wildman–Crippen LogP) is 2.13. The van der Waals surface area contributed by atoms with Crippen LogP contribution in [0.2, 0.25) is 0 Å². The maximum atomic E-state index is 12.6. The van der Waals surface area contributed by atoms with Crippen LogP contribution in [0.15, 0.2) is 41.3 Å². The van der Waals surface area contributed by atoms with Crippen molar-refractivity contribution in [1.82, 2.24) is 9.47 Å². The van der Waals surface area contributed by atoms with Crippen molar-refractivity contribution in [2.75, 3.05) is 25.5 Å². The second kappa shape index (κ2) is 8.33. The molecule has 138 valence electrons. The van der Waals surface area contributed by atoms with E-state index in [4.69, 9.17) is 4.74 Å². The maximum Gasteiger partial charge on any atom is 0.274 e. The minimum absolute atomic E-state index is 0.0430. The lowest BCUT2D eigenvalue weighted by atomic mass is 10.1. The van der Waals surface area contributed by atoms with Gasteiger partial charge in [-0.3, -0.25) is 14.4 Å². The normalized spacial score (nSPS) is 10.3. The van der Waals surface area contributed by atoms with Gasteiger partial charge in [0, 0.05) is 26.3 Å². The highest BCUT2D eigenvalue weighted by Crippen LogP contribution is 2.18. The fourth-order valence-electron chi connectivity index (χ4n) is 2.63. The van der Waals surface area contributed by atoms with Crippen molar-refractivity contribution >= 4 is 17.5 Å². The topological polar surface area (TPSA) is 80.6 Å². The van der Waals surface area contributed by atoms with Gasteiger partial charge in [-0.2, -0.15) is 0 Å². The molecule has 0 spiro atoms. The van der Waals surface area contributed by atoms with Crippen LogP contribution >= 0.6 is 0 Å². The summed E-state index contributed by atoms with van der Waals surface area (Å²) in [6.45, 7) is 4.88. The van der Waals surface area contributed by atoms with Crippen LogP contribution in [0.3, 0.4) is 0 Å². The number of rotatable bonds is 6. The average molecular weight is 357 g/mol. The van der Waals surface area contributed by atoms with Gasteiger partial charge in [0.1, 0.15) is 11.4 Å². The molecular formula is C19H23N3O4. The van der Waals surface area contributed by atoms with E-state index in [1.165, 1.54) is 23.9 Å². The Balaban J connectivity index is 2.39. The Kier molecular flexibility index (Phi) is 6.16. The van der Waals surface area contributed by atoms with Gasteiger partial charge in [-0.05, 0) is 32.0 Å². The fraction of sp³-hybridized carbons (Fsp3) is 0.316. The first-order chi connectivity index (χ1) is 12.4. The van der Waals surface area contributed by atoms with Crippen LogP contribution in [0.4, 0.5) is 5.69 Å². The summed E-state index contributed by atoms with van der Waals surface area (Å²) in [5.74, 6) is -0.275. The Hall–Kier alpha value is -3.09. The molecule has 26 heavy (non-hydrogen) atoms. The zero-order valence-corrected chi connectivity index (χ0v) is 15.4. The molecule has 0 saturated heterocycles. The number of pyridine rings is 1. The summed E-state index contributed by atoms with van der Waals surface area (Å²) in [6, 6.07) is 8.13. The van der Waals surface area contributed by atoms with E-state index in [0.717, 1.165) is 0 Å². The largest absolute Gasteiger partial charge is 0.496 e. The molecule has 0 aliphatic carbocycles. The summed E-state index contributed by atoms with van der Waals surface area (Å²) in [5, 5.41) is 2.59. The first-order valence-corrected chi connectivity index (χ1v) is 8.37. The number of aromatic nitrogens is 1. The Morgan fingerprint density at radius 2 is 1.85 bits per heavy atom. The third kappa shape index (κ3) is 3.93. The highest BCUT2D eigenvalue weighted by Gasteiger charge is 2.18. The molecule has 1 aromatic heterocycles. The van der Waals surface area contributed by atoms with Crippen LogP contribution in [0.25, 0.3) is 0 Å². The van der Waals surface area contributed by atoms with Crippen LogP contribution in [0.1, 0.15) is 34.6 Å². The molecule has 1 N–H and O–H groups in total. The zero-order chi connectivity index (χ0) is 19.3. The maximum absolute atomic E-state index is 12.6. The van der Waals surface area contributed by atoms with Gasteiger partial charge in [0.15, 0.2) is 0 Å². The van der Waals surface area contributed by atoms with Crippen LogP contribution in [0, 0.1) is 0 Å². The van der Waals surface area contributed by atoms with Crippen LogP contribution in [0.5, 0.6) is 5.75 Å². The highest BCUT2D eigenvalue weighted by molar-refractivity contribution is 6.06. The van der Waals surface area contributed by atoms with Gasteiger partial charge in [0.25, 0.3) is 17.4 Å². The van der Waals surface area contributed by atoms with Gasteiger partial charge in [-0.25, -0.2) is 0 Å². The lowest BCUT2D eigenvalue weighted by Gasteiger charge is -2.19. The third-order valence-corrected chi connectivity index (χ3v) is 4.08. The summed E-state index contributed by atoms with van der Waals surface area (Å²) in [5.41, 5.74) is 0.286. The van der Waals surface area contributed by atoms with E-state index in [-0.39, 0.29) is 11.6 Å². The van der Waals surface area contributed by atoms with Gasteiger partial charge in [-0.1, -0.05) is 12.1 Å². The lowest BCUT2D eigenvalue weighted by molar-refractivity contribution is 0.0771. The summed E-state index contributed by atoms with van der Waals surface area (Å²) in [4.78, 5) is 39.1. The Labute approximate surface area is 152 Å². The summed E-state index contributed by atoms with van der Waals surface area (Å²) >= 11 is 0. The molecular weight excluding hydrogens is 334 g/mol. The minimum Gasteiger partial charge on any atom is -0.496 e. The molecule has 0 bridgehead atoms. The Morgan fingerprint density at radius 3 is 2.46 bits per heavy atom. The molecule has 0 unspecified atom stereocenters. The van der Waals surface area contributed by atoms with Crippen molar-refractivity contribution in [1.29, 1.82) is 0 Å². The summed E-state index contributed by atoms with van der Waals surface area (Å²) in [6.07, 6.45) is 1.47. The van der Waals surface area contributed by atoms with E-state index in [9.17, 15) is 14.4 Å². The number of aryl methyl sites for hydroxylation is 1. The predicted molar refractivity (Wildman–Crippen MR) is 99.9 cm³/mol. The quantitative estimate of drug-likeness (QED) is 0.859. The molecule has 7 heteroatoms. The number of para-hydroxylation sites is 1. The van der Waals surface area contributed by atoms with Crippen molar-refractivity contribution in [2.24, 2.45) is 7.05 Å². The van der Waals surface area contributed by atoms with E-state index in [1.54, 1.807) is 36.2 Å². The van der Waals surface area contributed by atoms with Crippen molar-refractivity contribution in [3.63, 3.8) is 0 Å². The van der Waals surface area contributed by atoms with E-state index >= 15 is 0 Å². The molecule has 0 radical (unpaired) electrons. The van der Waals surface area contributed by atoms with Crippen molar-refractivity contribution in [3.05, 3.63) is 58.0 Å². The molecule has 7 nitrogen and oxygen atoms in total. The second-order valence-electron chi connectivity index (χ2n) is 5.69. The number of carbonyl (C=O) groups is 2. The van der Waals surface area contributed by atoms with Gasteiger partial charge < -0.3 is 19.5 Å². The minimum atomic E-state index is -0.480. The van der Waals surface area contributed by atoms with Crippen molar-refractivity contribution in [3.8, 4) is 5.75 Å². The molecule has 2 aromatic rings. The fourth-order valence-corrected chi connectivity index (χ4v) is 2.63. The Bertz CT molecular complexity index is 869. The number of benzene rings is 1. The second-order valence-corrected chi connectivity index (χ2v) is 5.69. The highest BCUT2D eigenvalue weighted by atomic mass is 16.5. The standard InChI is InChI=1S/C19H23N3O4/c1-5-22(6-2)18(24)13-11-15(19(25)21(3)12-13)20-17(23)14-9-7-8-10-16(14)26-4/h7-12H,5-6H2,1-4H3,(H,20,23). The molecule has 2 rings (SSSR count). The van der Waals surface area contributed by atoms with Gasteiger partial charge in [0.05, 0.1) is 18.2 Å². The number of hydrogen-bond acceptors (Lipinski definition) is 4. The van der Waals surface area contributed by atoms with Crippen LogP contribution in [-0.4, -0.2) is 41.5 Å². The molecule has 1 heterocycles. The first kappa shape index (κ1) is 19.2. The number of ether oxygens (including phenoxy) is 1. The monoisotopic (exact) mass is 357 g/mol. The summed E-state index contributed by atoms with van der Waals surface area (Å²) in [7, 11) is 3.01. The lowest BCUT2D eigenvalue weighted by Crippen LogP contribution is -2.32. The Morgan fingerprint density at radius 1 is 1.19 bits per heavy atom. The molecule has 1 aromatic carbocycles.